The monoisotopic (exact) mass is 327 g/mol. The van der Waals surface area contributed by atoms with E-state index < -0.39 is 9.86 Å². The van der Waals surface area contributed by atoms with Crippen LogP contribution in [0.1, 0.15) is 0 Å². The van der Waals surface area contributed by atoms with Crippen molar-refractivity contribution in [2.24, 2.45) is 0 Å². The second-order valence-electron chi connectivity index (χ2n) is 3.12. The number of alkyl halides is 2. The van der Waals surface area contributed by atoms with Crippen LogP contribution in [-0.2, 0) is 0 Å². The topological polar surface area (TPSA) is 39.8 Å². The van der Waals surface area contributed by atoms with Crippen molar-refractivity contribution in [1.29, 1.82) is 0 Å². The lowest BCUT2D eigenvalue weighted by atomic mass is 10.3. The van der Waals surface area contributed by atoms with Gasteiger partial charge in [-0.1, -0.05) is 45.4 Å². The molecule has 1 aromatic carbocycles. The van der Waals surface area contributed by atoms with E-state index in [1.165, 1.54) is 6.07 Å². The number of benzene rings is 1. The minimum Gasteiger partial charge on any atom is -0.243 e. The van der Waals surface area contributed by atoms with E-state index in [-0.39, 0.29) is 10.1 Å². The Bertz CT molecular complexity index is 628. The van der Waals surface area contributed by atoms with Crippen molar-refractivity contribution in [2.75, 3.05) is 0 Å². The van der Waals surface area contributed by atoms with E-state index >= 15 is 0 Å². The summed E-state index contributed by atoms with van der Waals surface area (Å²) in [7, 11) is 0. The number of nitrogens with zero attached hydrogens (tertiary/aromatic N) is 3. The number of aromatic nitrogens is 3. The van der Waals surface area contributed by atoms with Gasteiger partial charge in [0, 0.05) is 5.02 Å². The van der Waals surface area contributed by atoms with E-state index in [1.807, 2.05) is 0 Å². The summed E-state index contributed by atoms with van der Waals surface area (Å²) in [6.45, 7) is 0. The van der Waals surface area contributed by atoms with Crippen LogP contribution in [0.5, 0.6) is 0 Å². The number of thioether (sulfide) groups is 1. The van der Waals surface area contributed by atoms with Crippen LogP contribution in [-0.4, -0.2) is 18.7 Å². The molecule has 2 aromatic rings. The summed E-state index contributed by atoms with van der Waals surface area (Å²) < 4.78 is 13.3. The first-order valence-corrected chi connectivity index (χ1v) is 6.71. The lowest BCUT2D eigenvalue weighted by molar-refractivity contribution is 0.296. The fourth-order valence-corrected chi connectivity index (χ4v) is 2.55. The molecular weight excluding hydrogens is 324 g/mol. The van der Waals surface area contributed by atoms with E-state index in [0.717, 1.165) is 16.3 Å². The third-order valence-corrected chi connectivity index (χ3v) is 3.40. The first-order valence-electron chi connectivity index (χ1n) is 4.58. The van der Waals surface area contributed by atoms with Gasteiger partial charge in [-0.25, -0.2) is 9.36 Å². The molecule has 0 aliphatic heterocycles. The highest BCUT2D eigenvalue weighted by Crippen LogP contribution is 2.28. The van der Waals surface area contributed by atoms with E-state index in [4.69, 9.17) is 34.8 Å². The molecule has 0 atom stereocenters. The van der Waals surface area contributed by atoms with Crippen LogP contribution < -0.4 is 5.69 Å². The highest BCUT2D eigenvalue weighted by atomic mass is 35.5. The molecule has 0 saturated heterocycles. The fourth-order valence-electron chi connectivity index (χ4n) is 1.32. The largest absolute Gasteiger partial charge is 0.380 e. The molecular formula is C9H5Cl3FN3OS. The van der Waals surface area contributed by atoms with E-state index in [0.29, 0.717) is 10.7 Å². The van der Waals surface area contributed by atoms with E-state index in [9.17, 15) is 9.28 Å². The van der Waals surface area contributed by atoms with E-state index in [1.54, 1.807) is 18.2 Å². The average Bonchev–Trinajstić information content (AvgIpc) is 2.53. The van der Waals surface area contributed by atoms with Crippen molar-refractivity contribution in [3.8, 4) is 5.69 Å². The van der Waals surface area contributed by atoms with Gasteiger partial charge in [0.15, 0.2) is 4.17 Å². The lowest BCUT2D eigenvalue weighted by Gasteiger charge is -2.05. The number of hydrogen-bond acceptors (Lipinski definition) is 3. The molecule has 4 nitrogen and oxygen atoms in total. The van der Waals surface area contributed by atoms with Crippen LogP contribution in [0.15, 0.2) is 34.2 Å². The molecule has 0 aliphatic carbocycles. The van der Waals surface area contributed by atoms with Gasteiger partial charge >= 0.3 is 5.69 Å². The molecule has 0 unspecified atom stereocenters. The van der Waals surface area contributed by atoms with Crippen molar-refractivity contribution in [3.63, 3.8) is 0 Å². The molecule has 96 valence electrons. The Morgan fingerprint density at radius 3 is 2.72 bits per heavy atom. The molecule has 0 spiro atoms. The zero-order valence-corrected chi connectivity index (χ0v) is 11.6. The number of halogens is 4. The SMILES string of the molecule is O=c1n(F)nc(SC(Cl)Cl)n1-c1cccc(Cl)c1. The summed E-state index contributed by atoms with van der Waals surface area (Å²) in [6.07, 6.45) is 0. The van der Waals surface area contributed by atoms with Gasteiger partial charge in [-0.2, -0.15) is 0 Å². The first kappa shape index (κ1) is 13.7. The molecule has 0 N–H and O–H groups in total. The average molecular weight is 329 g/mol. The summed E-state index contributed by atoms with van der Waals surface area (Å²) in [4.78, 5) is 11.4. The van der Waals surface area contributed by atoms with Crippen molar-refractivity contribution in [3.05, 3.63) is 39.8 Å². The molecule has 9 heteroatoms. The maximum atomic E-state index is 13.2. The molecule has 1 aromatic heterocycles. The van der Waals surface area contributed by atoms with Gasteiger partial charge in [0.25, 0.3) is 0 Å². The van der Waals surface area contributed by atoms with Crippen molar-refractivity contribution in [1.82, 2.24) is 14.6 Å². The van der Waals surface area contributed by atoms with Gasteiger partial charge in [0.05, 0.1) is 5.69 Å². The second-order valence-corrected chi connectivity index (χ2v) is 6.24. The van der Waals surface area contributed by atoms with Crippen LogP contribution in [0.3, 0.4) is 0 Å². The minimum absolute atomic E-state index is 0.0415. The molecule has 0 amide bonds. The van der Waals surface area contributed by atoms with Gasteiger partial charge in [0.2, 0.25) is 5.16 Å². The number of rotatable bonds is 3. The van der Waals surface area contributed by atoms with Crippen LogP contribution >= 0.6 is 46.6 Å². The minimum atomic E-state index is -0.950. The lowest BCUT2D eigenvalue weighted by Crippen LogP contribution is -2.19. The predicted molar refractivity (Wildman–Crippen MR) is 70.7 cm³/mol. The van der Waals surface area contributed by atoms with Gasteiger partial charge in [-0.05, 0) is 34.9 Å². The Morgan fingerprint density at radius 1 is 1.39 bits per heavy atom. The molecule has 1 heterocycles. The normalized spacial score (nSPS) is 11.2. The van der Waals surface area contributed by atoms with Gasteiger partial charge < -0.3 is 0 Å². The van der Waals surface area contributed by atoms with Gasteiger partial charge in [-0.15, -0.1) is 5.10 Å². The van der Waals surface area contributed by atoms with Crippen LogP contribution in [0.4, 0.5) is 4.48 Å². The van der Waals surface area contributed by atoms with Crippen LogP contribution in [0, 0.1) is 0 Å². The predicted octanol–water partition coefficient (Wildman–Crippen LogP) is 3.27. The smallest absolute Gasteiger partial charge is 0.243 e. The second kappa shape index (κ2) is 5.52. The fraction of sp³-hybridized carbons (Fsp3) is 0.111. The van der Waals surface area contributed by atoms with Crippen molar-refractivity contribution in [2.45, 2.75) is 9.32 Å². The standard InChI is InChI=1S/C9H5Cl3FN3OS/c10-5-2-1-3-6(4-5)15-8(18-7(11)12)14-16(13)9(15)17/h1-4,7H. The van der Waals surface area contributed by atoms with Crippen molar-refractivity contribution >= 4 is 46.6 Å². The summed E-state index contributed by atoms with van der Waals surface area (Å²) in [6, 6.07) is 6.37. The maximum absolute atomic E-state index is 13.2. The zero-order chi connectivity index (χ0) is 13.3. The summed E-state index contributed by atoms with van der Waals surface area (Å²) in [5.41, 5.74) is -0.568. The third kappa shape index (κ3) is 2.83. The van der Waals surface area contributed by atoms with Gasteiger partial charge in [0.1, 0.15) is 0 Å². The third-order valence-electron chi connectivity index (χ3n) is 1.97. The summed E-state index contributed by atoms with van der Waals surface area (Å²) in [5, 5.41) is 3.86. The Morgan fingerprint density at radius 2 is 2.11 bits per heavy atom. The Kier molecular flexibility index (Phi) is 4.21. The highest BCUT2D eigenvalue weighted by molar-refractivity contribution is 8.02. The Labute approximate surface area is 120 Å². The zero-order valence-electron chi connectivity index (χ0n) is 8.56. The maximum Gasteiger partial charge on any atom is 0.380 e. The van der Waals surface area contributed by atoms with Crippen molar-refractivity contribution < 1.29 is 4.48 Å². The Hall–Kier alpha value is -0.690. The highest BCUT2D eigenvalue weighted by Gasteiger charge is 2.18. The number of hydrogen-bond donors (Lipinski definition) is 0. The molecule has 0 bridgehead atoms. The molecule has 0 radical (unpaired) electrons. The summed E-state index contributed by atoms with van der Waals surface area (Å²) in [5.74, 6) is 0. The van der Waals surface area contributed by atoms with E-state index in [2.05, 4.69) is 5.10 Å². The van der Waals surface area contributed by atoms with Gasteiger partial charge in [-0.3, -0.25) is 0 Å². The molecule has 0 fully saturated rings. The first-order chi connectivity index (χ1) is 8.49. The molecule has 2 rings (SSSR count). The Balaban J connectivity index is 2.58. The van der Waals surface area contributed by atoms with Crippen LogP contribution in [0.25, 0.3) is 5.69 Å². The molecule has 0 aliphatic rings. The molecule has 0 saturated carbocycles. The summed E-state index contributed by atoms with van der Waals surface area (Å²) >= 11 is 17.8. The molecule has 18 heavy (non-hydrogen) atoms. The van der Waals surface area contributed by atoms with Crippen LogP contribution in [0.2, 0.25) is 5.02 Å². The quantitative estimate of drug-likeness (QED) is 0.641.